The van der Waals surface area contributed by atoms with Crippen LogP contribution < -0.4 is 10.6 Å². The van der Waals surface area contributed by atoms with E-state index in [0.29, 0.717) is 12.4 Å². The summed E-state index contributed by atoms with van der Waals surface area (Å²) in [6.45, 7) is 8.49. The number of rotatable bonds is 6. The highest BCUT2D eigenvalue weighted by Gasteiger charge is 2.15. The van der Waals surface area contributed by atoms with Crippen molar-refractivity contribution in [3.63, 3.8) is 0 Å². The maximum Gasteiger partial charge on any atom is 0.242 e. The number of nitrogens with zero attached hydrogens (tertiary/aromatic N) is 3. The molecular formula is C19H23N5OS. The SMILES string of the molecule is Cc1ccc2ncnc(N[C@H](C)C(=O)NCCc3nc(C)c(C)s3)c2c1. The molecule has 0 spiro atoms. The Balaban J connectivity index is 1.60. The van der Waals surface area contributed by atoms with Crippen molar-refractivity contribution in [2.24, 2.45) is 0 Å². The van der Waals surface area contributed by atoms with Crippen LogP contribution in [0.3, 0.4) is 0 Å². The maximum atomic E-state index is 12.4. The highest BCUT2D eigenvalue weighted by atomic mass is 32.1. The number of thiazole rings is 1. The Hall–Kier alpha value is -2.54. The van der Waals surface area contributed by atoms with Gasteiger partial charge in [0.2, 0.25) is 5.91 Å². The number of carbonyl (C=O) groups is 1. The number of amides is 1. The average molecular weight is 369 g/mol. The molecule has 0 aliphatic carbocycles. The first-order chi connectivity index (χ1) is 12.4. The van der Waals surface area contributed by atoms with Crippen molar-refractivity contribution >= 4 is 34.0 Å². The van der Waals surface area contributed by atoms with Gasteiger partial charge in [-0.2, -0.15) is 0 Å². The summed E-state index contributed by atoms with van der Waals surface area (Å²) in [6.07, 6.45) is 2.26. The summed E-state index contributed by atoms with van der Waals surface area (Å²) in [6, 6.07) is 5.60. The van der Waals surface area contributed by atoms with Crippen LogP contribution >= 0.6 is 11.3 Å². The van der Waals surface area contributed by atoms with Gasteiger partial charge in [0, 0.05) is 23.2 Å². The largest absolute Gasteiger partial charge is 0.358 e. The molecule has 2 aromatic heterocycles. The summed E-state index contributed by atoms with van der Waals surface area (Å²) in [4.78, 5) is 26.7. The Bertz CT molecular complexity index is 917. The van der Waals surface area contributed by atoms with Gasteiger partial charge in [-0.05, 0) is 39.8 Å². The molecule has 0 bridgehead atoms. The number of aryl methyl sites for hydroxylation is 3. The Morgan fingerprint density at radius 2 is 2.04 bits per heavy atom. The number of fused-ring (bicyclic) bond motifs is 1. The summed E-state index contributed by atoms with van der Waals surface area (Å²) < 4.78 is 0. The van der Waals surface area contributed by atoms with Crippen molar-refractivity contribution in [2.45, 2.75) is 40.2 Å². The predicted molar refractivity (Wildman–Crippen MR) is 106 cm³/mol. The van der Waals surface area contributed by atoms with E-state index in [4.69, 9.17) is 0 Å². The summed E-state index contributed by atoms with van der Waals surface area (Å²) >= 11 is 1.68. The number of nitrogens with one attached hydrogen (secondary N) is 2. The van der Waals surface area contributed by atoms with E-state index in [-0.39, 0.29) is 5.91 Å². The van der Waals surface area contributed by atoms with Gasteiger partial charge in [0.05, 0.1) is 16.2 Å². The predicted octanol–water partition coefficient (Wildman–Crippen LogP) is 3.17. The lowest BCUT2D eigenvalue weighted by atomic mass is 10.1. The normalized spacial score (nSPS) is 12.2. The molecule has 2 heterocycles. The van der Waals surface area contributed by atoms with Crippen molar-refractivity contribution in [2.75, 3.05) is 11.9 Å². The lowest BCUT2D eigenvalue weighted by molar-refractivity contribution is -0.121. The van der Waals surface area contributed by atoms with E-state index in [0.717, 1.165) is 33.6 Å². The molecule has 1 amide bonds. The lowest BCUT2D eigenvalue weighted by Gasteiger charge is -2.15. The summed E-state index contributed by atoms with van der Waals surface area (Å²) in [5.74, 6) is 0.613. The van der Waals surface area contributed by atoms with Gasteiger partial charge in [-0.1, -0.05) is 11.6 Å². The number of anilines is 1. The van der Waals surface area contributed by atoms with E-state index in [1.54, 1.807) is 11.3 Å². The summed E-state index contributed by atoms with van der Waals surface area (Å²) in [7, 11) is 0. The first-order valence-electron chi connectivity index (χ1n) is 8.62. The van der Waals surface area contributed by atoms with Gasteiger partial charge in [0.25, 0.3) is 0 Å². The van der Waals surface area contributed by atoms with E-state index in [1.165, 1.54) is 11.2 Å². The molecule has 2 N–H and O–H groups in total. The Morgan fingerprint density at radius 3 is 2.77 bits per heavy atom. The Kier molecular flexibility index (Phi) is 5.46. The zero-order valence-electron chi connectivity index (χ0n) is 15.5. The molecule has 136 valence electrons. The van der Waals surface area contributed by atoms with Gasteiger partial charge in [-0.25, -0.2) is 15.0 Å². The van der Waals surface area contributed by atoms with E-state index in [2.05, 4.69) is 32.5 Å². The zero-order chi connectivity index (χ0) is 18.7. The molecule has 1 aromatic carbocycles. The van der Waals surface area contributed by atoms with Crippen LogP contribution in [0.2, 0.25) is 0 Å². The molecule has 0 fully saturated rings. The van der Waals surface area contributed by atoms with Crippen LogP contribution in [-0.4, -0.2) is 33.4 Å². The lowest BCUT2D eigenvalue weighted by Crippen LogP contribution is -2.38. The first-order valence-corrected chi connectivity index (χ1v) is 9.44. The maximum absolute atomic E-state index is 12.4. The minimum absolute atomic E-state index is 0.0607. The van der Waals surface area contributed by atoms with Crippen LogP contribution in [0.4, 0.5) is 5.82 Å². The molecule has 0 aliphatic heterocycles. The van der Waals surface area contributed by atoms with E-state index >= 15 is 0 Å². The second-order valence-electron chi connectivity index (χ2n) is 6.40. The van der Waals surface area contributed by atoms with E-state index in [1.807, 2.05) is 39.0 Å². The van der Waals surface area contributed by atoms with Gasteiger partial charge >= 0.3 is 0 Å². The number of hydrogen-bond donors (Lipinski definition) is 2. The van der Waals surface area contributed by atoms with Gasteiger partial charge < -0.3 is 10.6 Å². The fourth-order valence-electron chi connectivity index (χ4n) is 2.65. The second kappa shape index (κ2) is 7.78. The molecule has 6 nitrogen and oxygen atoms in total. The summed E-state index contributed by atoms with van der Waals surface area (Å²) in [5.41, 5.74) is 3.05. The smallest absolute Gasteiger partial charge is 0.242 e. The first kappa shape index (κ1) is 18.3. The van der Waals surface area contributed by atoms with Gasteiger partial charge in [-0.15, -0.1) is 11.3 Å². The second-order valence-corrected chi connectivity index (χ2v) is 7.69. The van der Waals surface area contributed by atoms with Crippen molar-refractivity contribution < 1.29 is 4.79 Å². The van der Waals surface area contributed by atoms with Crippen LogP contribution in [0.15, 0.2) is 24.5 Å². The Labute approximate surface area is 157 Å². The number of aromatic nitrogens is 3. The molecule has 0 radical (unpaired) electrons. The number of hydrogen-bond acceptors (Lipinski definition) is 6. The quantitative estimate of drug-likeness (QED) is 0.698. The monoisotopic (exact) mass is 369 g/mol. The molecule has 3 rings (SSSR count). The molecule has 0 unspecified atom stereocenters. The molecule has 3 aromatic rings. The molecule has 7 heteroatoms. The van der Waals surface area contributed by atoms with Crippen LogP contribution in [0.25, 0.3) is 10.9 Å². The van der Waals surface area contributed by atoms with Gasteiger partial charge in [0.1, 0.15) is 18.2 Å². The molecule has 26 heavy (non-hydrogen) atoms. The molecule has 1 atom stereocenters. The fourth-order valence-corrected chi connectivity index (χ4v) is 3.58. The van der Waals surface area contributed by atoms with Crippen molar-refractivity contribution in [1.82, 2.24) is 20.3 Å². The number of carbonyl (C=O) groups excluding carboxylic acids is 1. The molecule has 0 aliphatic rings. The molecular weight excluding hydrogens is 346 g/mol. The summed E-state index contributed by atoms with van der Waals surface area (Å²) in [5, 5.41) is 8.13. The standard InChI is InChI=1S/C19H23N5OS/c1-11-5-6-16-15(9-11)18(22-10-21-16)24-13(3)19(25)20-8-7-17-23-12(2)14(4)26-17/h5-6,9-10,13H,7-8H2,1-4H3,(H,20,25)(H,21,22,24)/t13-/m1/s1. The topological polar surface area (TPSA) is 79.8 Å². The zero-order valence-corrected chi connectivity index (χ0v) is 16.3. The minimum Gasteiger partial charge on any atom is -0.358 e. The Morgan fingerprint density at radius 1 is 1.23 bits per heavy atom. The molecule has 0 saturated carbocycles. The van der Waals surface area contributed by atoms with Crippen LogP contribution in [0.1, 0.15) is 28.1 Å². The third-order valence-corrected chi connectivity index (χ3v) is 5.38. The minimum atomic E-state index is -0.395. The average Bonchev–Trinajstić information content (AvgIpc) is 2.93. The van der Waals surface area contributed by atoms with Crippen LogP contribution in [0, 0.1) is 20.8 Å². The van der Waals surface area contributed by atoms with Crippen LogP contribution in [0.5, 0.6) is 0 Å². The highest BCUT2D eigenvalue weighted by Crippen LogP contribution is 2.21. The highest BCUT2D eigenvalue weighted by molar-refractivity contribution is 7.11. The third-order valence-electron chi connectivity index (χ3n) is 4.25. The third kappa shape index (κ3) is 4.16. The van der Waals surface area contributed by atoms with Crippen LogP contribution in [-0.2, 0) is 11.2 Å². The molecule has 0 saturated heterocycles. The van der Waals surface area contributed by atoms with E-state index in [9.17, 15) is 4.79 Å². The van der Waals surface area contributed by atoms with Gasteiger partial charge in [-0.3, -0.25) is 4.79 Å². The van der Waals surface area contributed by atoms with Gasteiger partial charge in [0.15, 0.2) is 0 Å². The number of benzene rings is 1. The van der Waals surface area contributed by atoms with Crippen molar-refractivity contribution in [3.8, 4) is 0 Å². The van der Waals surface area contributed by atoms with Crippen molar-refractivity contribution in [3.05, 3.63) is 45.7 Å². The van der Waals surface area contributed by atoms with E-state index < -0.39 is 6.04 Å². The van der Waals surface area contributed by atoms with Crippen molar-refractivity contribution in [1.29, 1.82) is 0 Å². The fraction of sp³-hybridized carbons (Fsp3) is 0.368.